The number of fused-ring (bicyclic) bond motifs is 7. The first kappa shape index (κ1) is 38.1. The van der Waals surface area contributed by atoms with E-state index in [1.807, 2.05) is 28.8 Å². The van der Waals surface area contributed by atoms with Gasteiger partial charge in [0.05, 0.1) is 33.9 Å². The maximum absolute atomic E-state index is 9.60. The molecule has 0 atom stereocenters. The van der Waals surface area contributed by atoms with Crippen LogP contribution in [0, 0.1) is 38.9 Å². The van der Waals surface area contributed by atoms with Crippen molar-refractivity contribution in [3.63, 3.8) is 0 Å². The van der Waals surface area contributed by atoms with Gasteiger partial charge in [-0.3, -0.25) is 4.57 Å². The Hall–Kier alpha value is -6.90. The van der Waals surface area contributed by atoms with Crippen molar-refractivity contribution in [2.75, 3.05) is 0 Å². The second kappa shape index (κ2) is 16.7. The lowest BCUT2D eigenvalue weighted by Crippen LogP contribution is -2.10. The maximum atomic E-state index is 9.60. The van der Waals surface area contributed by atoms with Gasteiger partial charge in [-0.15, -0.1) is 0 Å². The predicted octanol–water partition coefficient (Wildman–Crippen LogP) is 18.5. The lowest BCUT2D eigenvalue weighted by molar-refractivity contribution is 0.664. The summed E-state index contributed by atoms with van der Waals surface area (Å²) in [5.41, 5.74) is 18.1. The summed E-state index contributed by atoms with van der Waals surface area (Å²) in [5, 5.41) is 12.1. The van der Waals surface area contributed by atoms with Crippen LogP contribution < -0.4 is 0 Å². The van der Waals surface area contributed by atoms with Crippen molar-refractivity contribution in [2.24, 2.45) is 0 Å². The van der Waals surface area contributed by atoms with E-state index in [0.29, 0.717) is 78.8 Å². The Bertz CT molecular complexity index is 3880. The molecule has 7 aromatic carbocycles. The minimum Gasteiger partial charge on any atom is -0.456 e. The van der Waals surface area contributed by atoms with Crippen LogP contribution in [-0.2, 0) is 0 Å². The van der Waals surface area contributed by atoms with Gasteiger partial charge in [0.25, 0.3) is 0 Å². The third-order valence-electron chi connectivity index (χ3n) is 14.1. The summed E-state index contributed by atoms with van der Waals surface area (Å²) >= 11 is 0. The van der Waals surface area contributed by atoms with Crippen LogP contribution in [0.4, 0.5) is 0 Å². The van der Waals surface area contributed by atoms with Gasteiger partial charge in [-0.1, -0.05) is 112 Å². The van der Waals surface area contributed by atoms with Gasteiger partial charge < -0.3 is 8.83 Å². The molecule has 0 fully saturated rings. The van der Waals surface area contributed by atoms with Crippen LogP contribution in [0.5, 0.6) is 0 Å². The molecule has 0 amide bonds. The number of aromatic nitrogens is 2. The normalized spacial score (nSPS) is 14.0. The fourth-order valence-electron chi connectivity index (χ4n) is 10.7. The number of hydrogen-bond donors (Lipinski definition) is 0. The maximum Gasteiger partial charge on any atom is 0.149 e. The molecule has 0 saturated carbocycles. The Morgan fingerprint density at radius 3 is 1.76 bits per heavy atom. The first-order valence-corrected chi connectivity index (χ1v) is 24.1. The van der Waals surface area contributed by atoms with E-state index in [1.165, 1.54) is 38.9 Å². The van der Waals surface area contributed by atoms with Crippen molar-refractivity contribution in [3.8, 4) is 45.4 Å². The van der Waals surface area contributed by atoms with E-state index >= 15 is 0 Å². The number of rotatable bonds is 9. The number of nitrogens with zero attached hydrogens (tertiary/aromatic N) is 3. The molecular weight excluding hydrogens is 831 g/mol. The van der Waals surface area contributed by atoms with Crippen molar-refractivity contribution < 1.29 is 17.1 Å². The average Bonchev–Trinajstić information content (AvgIpc) is 4.01. The van der Waals surface area contributed by atoms with Gasteiger partial charge >= 0.3 is 0 Å². The largest absolute Gasteiger partial charge is 0.456 e. The molecule has 5 nitrogen and oxygen atoms in total. The van der Waals surface area contributed by atoms with E-state index in [4.69, 9.17) is 22.0 Å². The van der Waals surface area contributed by atoms with Gasteiger partial charge in [-0.2, -0.15) is 5.26 Å². The van der Waals surface area contributed by atoms with Gasteiger partial charge in [0, 0.05) is 29.8 Å². The Morgan fingerprint density at radius 2 is 1.16 bits per heavy atom. The molecule has 0 aliphatic rings. The highest BCUT2D eigenvalue weighted by molar-refractivity contribution is 6.17. The molecule has 10 rings (SSSR count). The Morgan fingerprint density at radius 1 is 0.559 bits per heavy atom. The van der Waals surface area contributed by atoms with Gasteiger partial charge in [0.2, 0.25) is 0 Å². The van der Waals surface area contributed by atoms with Gasteiger partial charge in [-0.25, -0.2) is 4.98 Å². The van der Waals surface area contributed by atoms with E-state index in [-0.39, 0.29) is 23.0 Å². The third kappa shape index (κ3) is 7.14. The van der Waals surface area contributed by atoms with E-state index in [2.05, 4.69) is 126 Å². The molecule has 0 saturated heterocycles. The first-order valence-electron chi connectivity index (χ1n) is 27.1. The topological polar surface area (TPSA) is 67.9 Å². The van der Waals surface area contributed by atoms with Crippen molar-refractivity contribution >= 4 is 54.9 Å². The molecular formula is C63H63N3O2. The Labute approximate surface area is 409 Å². The van der Waals surface area contributed by atoms with Crippen LogP contribution in [0.25, 0.3) is 94.2 Å². The molecule has 0 N–H and O–H groups in total. The van der Waals surface area contributed by atoms with Crippen molar-refractivity contribution in [3.05, 3.63) is 153 Å². The molecule has 68 heavy (non-hydrogen) atoms. The van der Waals surface area contributed by atoms with Crippen LogP contribution in [-0.4, -0.2) is 9.55 Å². The summed E-state index contributed by atoms with van der Waals surface area (Å²) in [7, 11) is 0. The lowest BCUT2D eigenvalue weighted by atomic mass is 9.79. The highest BCUT2D eigenvalue weighted by Gasteiger charge is 2.28. The molecule has 0 unspecified atom stereocenters. The average molecular weight is 900 g/mol. The summed E-state index contributed by atoms with van der Waals surface area (Å²) in [4.78, 5) is 5.31. The minimum atomic E-state index is -2.53. The number of aryl methyl sites for hydroxylation is 4. The SMILES string of the molecule is [2H]C([2H])([2H])c1ccc(-c2nc3cccc(C([2H])([2H])[2H])c3n2-c2c(C(C)C)cc(-c3cc(C)c(-c4c(C(C)C)cc(C(C)C)cc4C(C)C)c(C)c3)cc2C(C)C)c2oc3cc4c(cc3c12)oc1cc(C#N)ccc14. The smallest absolute Gasteiger partial charge is 0.149 e. The van der Waals surface area contributed by atoms with E-state index in [9.17, 15) is 5.26 Å². The monoisotopic (exact) mass is 900 g/mol. The number of para-hydroxylation sites is 1. The molecule has 3 aromatic heterocycles. The molecule has 3 heterocycles. The van der Waals surface area contributed by atoms with Crippen LogP contribution in [0.3, 0.4) is 0 Å². The van der Waals surface area contributed by atoms with E-state index in [1.54, 1.807) is 36.4 Å². The van der Waals surface area contributed by atoms with E-state index in [0.717, 1.165) is 38.7 Å². The number of imidazole rings is 1. The van der Waals surface area contributed by atoms with E-state index < -0.39 is 13.7 Å². The fraction of sp³-hybridized carbons (Fsp3) is 0.302. The Kier molecular flexibility index (Phi) is 9.36. The highest BCUT2D eigenvalue weighted by atomic mass is 16.3. The highest BCUT2D eigenvalue weighted by Crippen LogP contribution is 2.47. The second-order valence-electron chi connectivity index (χ2n) is 20.5. The summed E-state index contributed by atoms with van der Waals surface area (Å²) < 4.78 is 68.1. The molecule has 0 radical (unpaired) electrons. The first-order chi connectivity index (χ1) is 34.9. The zero-order valence-corrected chi connectivity index (χ0v) is 41.3. The zero-order chi connectivity index (χ0) is 53.2. The van der Waals surface area contributed by atoms with Crippen molar-refractivity contribution in [2.45, 2.75) is 126 Å². The van der Waals surface area contributed by atoms with Gasteiger partial charge in [0.15, 0.2) is 0 Å². The number of nitriles is 1. The molecule has 5 heteroatoms. The standard InChI is InChI=1S/C63H63N3O2/c1-32(2)42-25-47(33(3)4)59(48(26-42)34(5)6)57-39(13)22-43(23-40(57)14)44-27-49(35(7)8)61(50(28-44)36(9)10)66-60-38(12)16-15-17-53(60)65-63(66)46-20-18-37(11)58-52-30-55-51(29-56(52)68-62(46)58)45-21-19-41(31-64)24-54(45)67-55/h15-30,32-36H,1-14H3/i11D3,12D3. The molecule has 0 aliphatic heterocycles. The number of hydrogen-bond acceptors (Lipinski definition) is 4. The van der Waals surface area contributed by atoms with Crippen LogP contribution in [0.15, 0.2) is 106 Å². The summed E-state index contributed by atoms with van der Waals surface area (Å²) in [6.45, 7) is 21.8. The Balaban J connectivity index is 1.25. The third-order valence-corrected chi connectivity index (χ3v) is 14.1. The molecule has 0 aliphatic carbocycles. The summed E-state index contributed by atoms with van der Waals surface area (Å²) in [6.07, 6.45) is 0. The minimum absolute atomic E-state index is 0.0329. The predicted molar refractivity (Wildman–Crippen MR) is 286 cm³/mol. The van der Waals surface area contributed by atoms with Crippen LogP contribution >= 0.6 is 0 Å². The molecule has 0 bridgehead atoms. The quantitative estimate of drug-likeness (QED) is 0.145. The summed E-state index contributed by atoms with van der Waals surface area (Å²) in [5.74, 6) is 1.44. The van der Waals surface area contributed by atoms with Gasteiger partial charge in [-0.05, 0) is 184 Å². The molecule has 10 aromatic rings. The molecule has 342 valence electrons. The number of furan rings is 2. The number of benzene rings is 7. The zero-order valence-electron chi connectivity index (χ0n) is 47.3. The molecule has 0 spiro atoms. The lowest BCUT2D eigenvalue weighted by Gasteiger charge is -2.27. The van der Waals surface area contributed by atoms with Crippen LogP contribution in [0.2, 0.25) is 0 Å². The van der Waals surface area contributed by atoms with Crippen molar-refractivity contribution in [1.82, 2.24) is 9.55 Å². The van der Waals surface area contributed by atoms with Crippen molar-refractivity contribution in [1.29, 1.82) is 5.26 Å². The summed E-state index contributed by atoms with van der Waals surface area (Å²) in [6, 6.07) is 33.7. The van der Waals surface area contributed by atoms with Gasteiger partial charge in [0.1, 0.15) is 28.2 Å². The second-order valence-corrected chi connectivity index (χ2v) is 20.5. The fourth-order valence-corrected chi connectivity index (χ4v) is 10.7. The van der Waals surface area contributed by atoms with Crippen LogP contribution in [0.1, 0.15) is 163 Å².